The van der Waals surface area contributed by atoms with Crippen molar-refractivity contribution in [2.45, 2.75) is 58.1 Å². The summed E-state index contributed by atoms with van der Waals surface area (Å²) in [5, 5.41) is 7.14. The standard InChI is InChI=1S/C28H36N4O6/c1-28(2,3)38-27(35)30-13-15-37-17-16-36-14-5-6-19-8-9-20-21-7-4-12-29-25(21)32(23(20)18-19)22-10-11-24(33)31-26(22)34/h4,7-9,12,18,22H,5-6,10-11,13-17H2,1-3H3,(H,30,35)(H,31,33,34). The third-order valence-corrected chi connectivity index (χ3v) is 6.19. The molecule has 2 aromatic heterocycles. The number of ether oxygens (including phenoxy) is 3. The van der Waals surface area contributed by atoms with E-state index in [1.807, 2.05) is 37.5 Å². The second kappa shape index (κ2) is 12.4. The molecule has 4 rings (SSSR count). The summed E-state index contributed by atoms with van der Waals surface area (Å²) in [6.07, 6.45) is 3.69. The van der Waals surface area contributed by atoms with Crippen molar-refractivity contribution < 1.29 is 28.6 Å². The molecule has 10 heteroatoms. The molecule has 1 atom stereocenters. The van der Waals surface area contributed by atoms with Crippen LogP contribution in [0.2, 0.25) is 0 Å². The molecule has 0 aliphatic carbocycles. The number of nitrogens with zero attached hydrogens (tertiary/aromatic N) is 2. The van der Waals surface area contributed by atoms with Crippen molar-refractivity contribution in [2.24, 2.45) is 0 Å². The van der Waals surface area contributed by atoms with Gasteiger partial charge in [0.25, 0.3) is 0 Å². The SMILES string of the molecule is CC(C)(C)OC(=O)NCCOCCOCCCc1ccc2c3cccnc3n(C3CCC(=O)NC3=O)c2c1. The molecule has 1 aliphatic rings. The molecule has 0 radical (unpaired) electrons. The highest BCUT2D eigenvalue weighted by Gasteiger charge is 2.30. The summed E-state index contributed by atoms with van der Waals surface area (Å²) in [4.78, 5) is 40.5. The van der Waals surface area contributed by atoms with Crippen LogP contribution in [0, 0.1) is 0 Å². The van der Waals surface area contributed by atoms with E-state index in [4.69, 9.17) is 14.2 Å². The van der Waals surface area contributed by atoms with Crippen LogP contribution in [-0.2, 0) is 30.2 Å². The second-order valence-electron chi connectivity index (χ2n) is 10.3. The van der Waals surface area contributed by atoms with E-state index in [1.165, 1.54) is 0 Å². The molecule has 10 nitrogen and oxygen atoms in total. The lowest BCUT2D eigenvalue weighted by Crippen LogP contribution is -2.41. The molecule has 3 aromatic rings. The number of hydrogen-bond donors (Lipinski definition) is 2. The van der Waals surface area contributed by atoms with Gasteiger partial charge in [-0.2, -0.15) is 0 Å². The number of aromatic nitrogens is 2. The molecule has 38 heavy (non-hydrogen) atoms. The lowest BCUT2D eigenvalue weighted by atomic mass is 10.0. The smallest absolute Gasteiger partial charge is 0.407 e. The topological polar surface area (TPSA) is 121 Å². The number of alkyl carbamates (subject to hydrolysis) is 1. The number of imide groups is 1. The Morgan fingerprint density at radius 3 is 2.66 bits per heavy atom. The van der Waals surface area contributed by atoms with Gasteiger partial charge in [0, 0.05) is 36.5 Å². The Kier molecular flexibility index (Phi) is 8.96. The molecule has 1 aromatic carbocycles. The van der Waals surface area contributed by atoms with Crippen LogP contribution in [0.4, 0.5) is 4.79 Å². The zero-order valence-electron chi connectivity index (χ0n) is 22.2. The monoisotopic (exact) mass is 524 g/mol. The maximum atomic E-state index is 12.7. The summed E-state index contributed by atoms with van der Waals surface area (Å²) in [7, 11) is 0. The average molecular weight is 525 g/mol. The van der Waals surface area contributed by atoms with Gasteiger partial charge in [0.15, 0.2) is 0 Å². The molecule has 1 unspecified atom stereocenters. The summed E-state index contributed by atoms with van der Waals surface area (Å²) in [5.41, 5.74) is 2.31. The van der Waals surface area contributed by atoms with Gasteiger partial charge in [-0.15, -0.1) is 0 Å². The fourth-order valence-corrected chi connectivity index (χ4v) is 4.56. The number of pyridine rings is 1. The van der Waals surface area contributed by atoms with Crippen molar-refractivity contribution in [1.29, 1.82) is 0 Å². The minimum atomic E-state index is -0.520. The normalized spacial score (nSPS) is 16.1. The molecule has 204 valence electrons. The van der Waals surface area contributed by atoms with Crippen molar-refractivity contribution in [3.8, 4) is 0 Å². The van der Waals surface area contributed by atoms with Crippen LogP contribution in [0.5, 0.6) is 0 Å². The van der Waals surface area contributed by atoms with Crippen LogP contribution in [0.25, 0.3) is 21.9 Å². The highest BCUT2D eigenvalue weighted by molar-refractivity contribution is 6.09. The maximum absolute atomic E-state index is 12.7. The zero-order valence-corrected chi connectivity index (χ0v) is 22.2. The first-order chi connectivity index (χ1) is 18.2. The first-order valence-corrected chi connectivity index (χ1v) is 13.1. The summed E-state index contributed by atoms with van der Waals surface area (Å²) in [6, 6.07) is 9.72. The Balaban J connectivity index is 1.25. The van der Waals surface area contributed by atoms with E-state index in [-0.39, 0.29) is 11.8 Å². The summed E-state index contributed by atoms with van der Waals surface area (Å²) in [5.74, 6) is -0.518. The predicted molar refractivity (Wildman–Crippen MR) is 143 cm³/mol. The van der Waals surface area contributed by atoms with Gasteiger partial charge in [-0.1, -0.05) is 12.1 Å². The highest BCUT2D eigenvalue weighted by atomic mass is 16.6. The number of carbonyl (C=O) groups excluding carboxylic acids is 3. The van der Waals surface area contributed by atoms with Crippen LogP contribution in [0.15, 0.2) is 36.5 Å². The van der Waals surface area contributed by atoms with Crippen molar-refractivity contribution in [2.75, 3.05) is 33.0 Å². The molecular weight excluding hydrogens is 488 g/mol. The quantitative estimate of drug-likeness (QED) is 0.290. The molecule has 1 aliphatic heterocycles. The molecule has 0 spiro atoms. The van der Waals surface area contributed by atoms with E-state index in [0.717, 1.165) is 40.3 Å². The third kappa shape index (κ3) is 7.08. The number of nitrogens with one attached hydrogen (secondary N) is 2. The van der Waals surface area contributed by atoms with Gasteiger partial charge in [-0.05, 0) is 63.8 Å². The van der Waals surface area contributed by atoms with Gasteiger partial charge in [0.05, 0.1) is 25.3 Å². The maximum Gasteiger partial charge on any atom is 0.407 e. The fraction of sp³-hybridized carbons (Fsp3) is 0.500. The van der Waals surface area contributed by atoms with E-state index in [0.29, 0.717) is 45.8 Å². The van der Waals surface area contributed by atoms with E-state index in [9.17, 15) is 14.4 Å². The van der Waals surface area contributed by atoms with Crippen molar-refractivity contribution in [3.05, 3.63) is 42.1 Å². The number of fused-ring (bicyclic) bond motifs is 3. The largest absolute Gasteiger partial charge is 0.444 e. The number of rotatable bonds is 11. The Bertz CT molecular complexity index is 1300. The summed E-state index contributed by atoms with van der Waals surface area (Å²) in [6.45, 7) is 7.73. The van der Waals surface area contributed by atoms with Gasteiger partial charge in [-0.25, -0.2) is 9.78 Å². The van der Waals surface area contributed by atoms with Gasteiger partial charge in [-0.3, -0.25) is 14.9 Å². The van der Waals surface area contributed by atoms with Gasteiger partial charge in [0.2, 0.25) is 11.8 Å². The molecule has 0 saturated carbocycles. The first-order valence-electron chi connectivity index (χ1n) is 13.1. The van der Waals surface area contributed by atoms with E-state index in [1.54, 1.807) is 6.20 Å². The van der Waals surface area contributed by atoms with Crippen LogP contribution < -0.4 is 10.6 Å². The van der Waals surface area contributed by atoms with Gasteiger partial charge >= 0.3 is 6.09 Å². The number of benzene rings is 1. The van der Waals surface area contributed by atoms with Crippen LogP contribution in [0.1, 0.15) is 51.6 Å². The predicted octanol–water partition coefficient (Wildman–Crippen LogP) is 3.66. The Hall–Kier alpha value is -3.50. The number of aryl methyl sites for hydroxylation is 1. The lowest BCUT2D eigenvalue weighted by Gasteiger charge is -2.23. The lowest BCUT2D eigenvalue weighted by molar-refractivity contribution is -0.135. The average Bonchev–Trinajstić information content (AvgIpc) is 3.18. The van der Waals surface area contributed by atoms with Crippen LogP contribution >= 0.6 is 0 Å². The number of carbonyl (C=O) groups is 3. The van der Waals surface area contributed by atoms with Gasteiger partial charge < -0.3 is 24.1 Å². The Morgan fingerprint density at radius 1 is 1.11 bits per heavy atom. The van der Waals surface area contributed by atoms with Crippen LogP contribution in [-0.4, -0.2) is 66.0 Å². The fourth-order valence-electron chi connectivity index (χ4n) is 4.56. The van der Waals surface area contributed by atoms with E-state index in [2.05, 4.69) is 33.8 Å². The van der Waals surface area contributed by atoms with Crippen molar-refractivity contribution >= 4 is 39.8 Å². The third-order valence-electron chi connectivity index (χ3n) is 6.19. The number of piperidine rings is 1. The minimum Gasteiger partial charge on any atom is -0.444 e. The molecule has 2 N–H and O–H groups in total. The molecule has 3 heterocycles. The molecule has 1 saturated heterocycles. The molecule has 3 amide bonds. The molecule has 0 bridgehead atoms. The van der Waals surface area contributed by atoms with E-state index >= 15 is 0 Å². The molecular formula is C28H36N4O6. The van der Waals surface area contributed by atoms with Crippen LogP contribution in [0.3, 0.4) is 0 Å². The number of amides is 3. The molecule has 1 fully saturated rings. The van der Waals surface area contributed by atoms with E-state index < -0.39 is 17.7 Å². The minimum absolute atomic E-state index is 0.233. The highest BCUT2D eigenvalue weighted by Crippen LogP contribution is 2.34. The summed E-state index contributed by atoms with van der Waals surface area (Å²) < 4.78 is 18.3. The first kappa shape index (κ1) is 27.5. The van der Waals surface area contributed by atoms with Gasteiger partial charge in [0.1, 0.15) is 17.3 Å². The zero-order chi connectivity index (χ0) is 27.1. The number of hydrogen-bond acceptors (Lipinski definition) is 7. The van der Waals surface area contributed by atoms with Crippen molar-refractivity contribution in [3.63, 3.8) is 0 Å². The Morgan fingerprint density at radius 2 is 1.89 bits per heavy atom. The van der Waals surface area contributed by atoms with Crippen molar-refractivity contribution in [1.82, 2.24) is 20.2 Å². The Labute approximate surface area is 222 Å². The second-order valence-corrected chi connectivity index (χ2v) is 10.3. The summed E-state index contributed by atoms with van der Waals surface area (Å²) >= 11 is 0.